The Labute approximate surface area is 503 Å². The van der Waals surface area contributed by atoms with Gasteiger partial charge in [0.25, 0.3) is 0 Å². The van der Waals surface area contributed by atoms with Gasteiger partial charge in [-0.05, 0) is 12.8 Å². The van der Waals surface area contributed by atoms with E-state index in [9.17, 15) is 14.7 Å². The molecule has 1 atom stereocenters. The van der Waals surface area contributed by atoms with E-state index < -0.39 is 6.10 Å². The lowest BCUT2D eigenvalue weighted by Gasteiger charge is -2.15. The highest BCUT2D eigenvalue weighted by molar-refractivity contribution is 5.70. The molecule has 0 aromatic heterocycles. The van der Waals surface area contributed by atoms with Gasteiger partial charge in [-0.2, -0.15) is 0 Å². The van der Waals surface area contributed by atoms with Gasteiger partial charge in [0.2, 0.25) is 0 Å². The van der Waals surface area contributed by atoms with Crippen LogP contribution < -0.4 is 0 Å². The highest BCUT2D eigenvalue weighted by atomic mass is 16.6. The van der Waals surface area contributed by atoms with Crippen LogP contribution in [0.5, 0.6) is 0 Å². The second kappa shape index (κ2) is 72.2. The van der Waals surface area contributed by atoms with E-state index >= 15 is 0 Å². The predicted octanol–water partition coefficient (Wildman–Crippen LogP) is 26.0. The molecular weight excluding hydrogens is 981 g/mol. The number of aliphatic hydroxyl groups excluding tert-OH is 1. The molecule has 0 aliphatic rings. The second-order valence-corrected chi connectivity index (χ2v) is 26.1. The number of aliphatic hydroxyl groups is 1. The smallest absolute Gasteiger partial charge is 0.306 e. The van der Waals surface area contributed by atoms with E-state index in [-0.39, 0.29) is 25.2 Å². The zero-order valence-electron chi connectivity index (χ0n) is 55.2. The SMILES string of the molecule is CCCCCCCCCCCCCCCCCCCCCCCCCCCCCCCCCCCCCCCCCC(=O)OC(CO)COC(=O)CCCCCCCCCCCCCCCCCCCCCCCCCCCCC. The molecule has 0 fully saturated rings. The number of ether oxygens (including phenoxy) is 2. The number of carbonyl (C=O) groups is 2. The molecular formula is C75H148O5. The van der Waals surface area contributed by atoms with Crippen molar-refractivity contribution in [3.8, 4) is 0 Å². The first-order chi connectivity index (χ1) is 39.6. The van der Waals surface area contributed by atoms with Crippen molar-refractivity contribution in [2.24, 2.45) is 0 Å². The third-order valence-corrected chi connectivity index (χ3v) is 17.9. The molecule has 5 heteroatoms. The molecule has 0 heterocycles. The Hall–Kier alpha value is -1.10. The first-order valence-corrected chi connectivity index (χ1v) is 37.6. The van der Waals surface area contributed by atoms with Gasteiger partial charge in [0.1, 0.15) is 6.61 Å². The average molecular weight is 1130 g/mol. The fourth-order valence-corrected chi connectivity index (χ4v) is 12.3. The lowest BCUT2D eigenvalue weighted by Crippen LogP contribution is -2.28. The summed E-state index contributed by atoms with van der Waals surface area (Å²) in [5.41, 5.74) is 0. The molecule has 1 unspecified atom stereocenters. The van der Waals surface area contributed by atoms with Crippen LogP contribution in [0.1, 0.15) is 450 Å². The van der Waals surface area contributed by atoms with Gasteiger partial charge in [-0.3, -0.25) is 9.59 Å². The molecule has 0 aliphatic carbocycles. The van der Waals surface area contributed by atoms with E-state index in [4.69, 9.17) is 9.47 Å². The summed E-state index contributed by atoms with van der Waals surface area (Å²) >= 11 is 0. The van der Waals surface area contributed by atoms with Crippen molar-refractivity contribution >= 4 is 11.9 Å². The summed E-state index contributed by atoms with van der Waals surface area (Å²) in [6, 6.07) is 0. The second-order valence-electron chi connectivity index (χ2n) is 26.1. The lowest BCUT2D eigenvalue weighted by molar-refractivity contribution is -0.161. The average Bonchev–Trinajstić information content (AvgIpc) is 3.46. The van der Waals surface area contributed by atoms with Gasteiger partial charge in [0.05, 0.1) is 6.61 Å². The molecule has 0 radical (unpaired) electrons. The summed E-state index contributed by atoms with van der Waals surface area (Å²) in [6.07, 6.45) is 91.8. The Bertz CT molecular complexity index is 1140. The Kier molecular flexibility index (Phi) is 71.2. The molecule has 5 nitrogen and oxygen atoms in total. The summed E-state index contributed by atoms with van der Waals surface area (Å²) in [5.74, 6) is -0.557. The van der Waals surface area contributed by atoms with Gasteiger partial charge in [-0.25, -0.2) is 0 Å². The highest BCUT2D eigenvalue weighted by Crippen LogP contribution is 2.20. The molecule has 80 heavy (non-hydrogen) atoms. The minimum atomic E-state index is -0.766. The monoisotopic (exact) mass is 1130 g/mol. The molecule has 0 rings (SSSR count). The maximum Gasteiger partial charge on any atom is 0.306 e. The minimum absolute atomic E-state index is 0.0552. The zero-order chi connectivity index (χ0) is 57.6. The van der Waals surface area contributed by atoms with Gasteiger partial charge < -0.3 is 14.6 Å². The first kappa shape index (κ1) is 78.9. The van der Waals surface area contributed by atoms with E-state index in [1.807, 2.05) is 0 Å². The third-order valence-electron chi connectivity index (χ3n) is 17.9. The molecule has 478 valence electrons. The molecule has 0 saturated carbocycles. The molecule has 0 aromatic carbocycles. The zero-order valence-corrected chi connectivity index (χ0v) is 55.2. The quantitative estimate of drug-likeness (QED) is 0.0485. The van der Waals surface area contributed by atoms with E-state index in [0.29, 0.717) is 12.8 Å². The Morgan fingerprint density at radius 1 is 0.237 bits per heavy atom. The van der Waals surface area contributed by atoms with Gasteiger partial charge in [0.15, 0.2) is 6.10 Å². The van der Waals surface area contributed by atoms with Gasteiger partial charge in [-0.1, -0.05) is 425 Å². The Morgan fingerprint density at radius 3 is 0.550 bits per heavy atom. The minimum Gasteiger partial charge on any atom is -0.462 e. The topological polar surface area (TPSA) is 72.8 Å². The van der Waals surface area contributed by atoms with E-state index in [1.165, 1.54) is 392 Å². The van der Waals surface area contributed by atoms with Crippen molar-refractivity contribution in [2.75, 3.05) is 13.2 Å². The van der Waals surface area contributed by atoms with Crippen LogP contribution in [0.4, 0.5) is 0 Å². The van der Waals surface area contributed by atoms with Gasteiger partial charge in [0, 0.05) is 12.8 Å². The summed E-state index contributed by atoms with van der Waals surface area (Å²) in [4.78, 5) is 24.7. The van der Waals surface area contributed by atoms with Crippen LogP contribution in [-0.2, 0) is 19.1 Å². The number of carbonyl (C=O) groups excluding carboxylic acids is 2. The van der Waals surface area contributed by atoms with Gasteiger partial charge in [-0.15, -0.1) is 0 Å². The molecule has 0 spiro atoms. The van der Waals surface area contributed by atoms with Crippen molar-refractivity contribution in [2.45, 2.75) is 457 Å². The molecule has 0 saturated heterocycles. The predicted molar refractivity (Wildman–Crippen MR) is 353 cm³/mol. The summed E-state index contributed by atoms with van der Waals surface area (Å²) in [6.45, 7) is 4.23. The van der Waals surface area contributed by atoms with E-state index in [1.54, 1.807) is 0 Å². The summed E-state index contributed by atoms with van der Waals surface area (Å²) in [5, 5.41) is 9.71. The molecule has 0 aliphatic heterocycles. The van der Waals surface area contributed by atoms with Crippen molar-refractivity contribution in [1.29, 1.82) is 0 Å². The number of hydrogen-bond acceptors (Lipinski definition) is 5. The Balaban J connectivity index is 3.33. The standard InChI is InChI=1S/C75H148O5/c1-3-5-7-9-11-13-15-17-19-21-23-25-27-29-31-32-33-34-35-36-37-38-39-40-41-42-44-46-48-50-52-54-56-58-60-62-64-66-68-70-75(78)80-73(71-76)72-79-74(77)69-67-65-63-61-59-57-55-53-51-49-47-45-43-30-28-26-24-22-20-18-16-14-12-10-8-6-4-2/h73,76H,3-72H2,1-2H3. The van der Waals surface area contributed by atoms with Crippen LogP contribution in [0.2, 0.25) is 0 Å². The molecule has 1 N–H and O–H groups in total. The third kappa shape index (κ3) is 69.4. The van der Waals surface area contributed by atoms with Crippen molar-refractivity contribution in [3.63, 3.8) is 0 Å². The van der Waals surface area contributed by atoms with Gasteiger partial charge >= 0.3 is 11.9 Å². The number of hydrogen-bond donors (Lipinski definition) is 1. The van der Waals surface area contributed by atoms with Crippen molar-refractivity contribution in [3.05, 3.63) is 0 Å². The summed E-state index contributed by atoms with van der Waals surface area (Å²) in [7, 11) is 0. The highest BCUT2D eigenvalue weighted by Gasteiger charge is 2.16. The first-order valence-electron chi connectivity index (χ1n) is 37.6. The molecule has 0 aromatic rings. The number of unbranched alkanes of at least 4 members (excludes halogenated alkanes) is 64. The van der Waals surface area contributed by atoms with Crippen LogP contribution in [0.3, 0.4) is 0 Å². The fraction of sp³-hybridized carbons (Fsp3) is 0.973. The van der Waals surface area contributed by atoms with E-state index in [0.717, 1.165) is 32.1 Å². The normalized spacial score (nSPS) is 12.0. The largest absolute Gasteiger partial charge is 0.462 e. The summed E-state index contributed by atoms with van der Waals surface area (Å²) < 4.78 is 10.8. The van der Waals surface area contributed by atoms with Crippen LogP contribution in [-0.4, -0.2) is 36.4 Å². The Morgan fingerprint density at radius 2 is 0.388 bits per heavy atom. The van der Waals surface area contributed by atoms with Crippen molar-refractivity contribution < 1.29 is 24.2 Å². The molecule has 0 bridgehead atoms. The van der Waals surface area contributed by atoms with Crippen LogP contribution in [0, 0.1) is 0 Å². The van der Waals surface area contributed by atoms with Crippen LogP contribution in [0.25, 0.3) is 0 Å². The fourth-order valence-electron chi connectivity index (χ4n) is 12.3. The van der Waals surface area contributed by atoms with Crippen molar-refractivity contribution in [1.82, 2.24) is 0 Å². The van der Waals surface area contributed by atoms with E-state index in [2.05, 4.69) is 13.8 Å². The number of esters is 2. The maximum atomic E-state index is 12.4. The molecule has 0 amide bonds. The lowest BCUT2D eigenvalue weighted by atomic mass is 10.0. The van der Waals surface area contributed by atoms with Crippen LogP contribution >= 0.6 is 0 Å². The van der Waals surface area contributed by atoms with Crippen LogP contribution in [0.15, 0.2) is 0 Å². The number of rotatable bonds is 72. The maximum absolute atomic E-state index is 12.4.